The topological polar surface area (TPSA) is 59.1 Å². The van der Waals surface area contributed by atoms with Gasteiger partial charge >= 0.3 is 0 Å². The van der Waals surface area contributed by atoms with Crippen LogP contribution < -0.4 is 4.72 Å². The summed E-state index contributed by atoms with van der Waals surface area (Å²) < 4.78 is 54.1. The number of aryl methyl sites for hydroxylation is 1. The molecule has 0 saturated heterocycles. The van der Waals surface area contributed by atoms with E-state index < -0.39 is 22.0 Å². The molecule has 8 heteroatoms. The molecule has 0 aliphatic rings. The van der Waals surface area contributed by atoms with Gasteiger partial charge in [0.05, 0.1) is 11.2 Å². The average Bonchev–Trinajstić information content (AvgIpc) is 2.50. The highest BCUT2D eigenvalue weighted by atomic mass is 32.2. The molecule has 0 radical (unpaired) electrons. The van der Waals surface area contributed by atoms with Crippen molar-refractivity contribution < 1.29 is 17.2 Å². The first-order valence-corrected chi connectivity index (χ1v) is 6.66. The third-order valence-electron chi connectivity index (χ3n) is 1.81. The van der Waals surface area contributed by atoms with Crippen LogP contribution in [0.25, 0.3) is 0 Å². The van der Waals surface area contributed by atoms with E-state index in [9.17, 15) is 17.2 Å². The average molecular weight is 270 g/mol. The molecule has 4 nitrogen and oxygen atoms in total. The van der Waals surface area contributed by atoms with Gasteiger partial charge in [0.2, 0.25) is 0 Å². The summed E-state index contributed by atoms with van der Waals surface area (Å²) in [5, 5.41) is 0. The molecular formula is C8H12F2N2O2S2. The molecular weight excluding hydrogens is 258 g/mol. The number of halogens is 2. The van der Waals surface area contributed by atoms with Gasteiger partial charge in [0.25, 0.3) is 16.4 Å². The Labute approximate surface area is 96.9 Å². The minimum atomic E-state index is -3.92. The van der Waals surface area contributed by atoms with Gasteiger partial charge in [-0.05, 0) is 38.4 Å². The van der Waals surface area contributed by atoms with E-state index in [4.69, 9.17) is 0 Å². The summed E-state index contributed by atoms with van der Waals surface area (Å²) in [7, 11) is -3.92. The van der Waals surface area contributed by atoms with E-state index in [1.54, 1.807) is 6.92 Å². The van der Waals surface area contributed by atoms with E-state index in [2.05, 4.69) is 4.37 Å². The molecule has 1 rings (SSSR count). The fraction of sp³-hybridized carbons (Fsp3) is 0.625. The summed E-state index contributed by atoms with van der Waals surface area (Å²) in [5.74, 6) is 0. The lowest BCUT2D eigenvalue weighted by Gasteiger charge is -2.24. The van der Waals surface area contributed by atoms with Crippen LogP contribution in [-0.4, -0.2) is 24.8 Å². The first-order valence-electron chi connectivity index (χ1n) is 4.40. The first-order chi connectivity index (χ1) is 7.15. The molecule has 0 aliphatic heterocycles. The number of nitrogens with zero attached hydrogens (tertiary/aromatic N) is 1. The summed E-state index contributed by atoms with van der Waals surface area (Å²) in [6, 6.07) is 1.34. The lowest BCUT2D eigenvalue weighted by atomic mass is 10.1. The Hall–Kier alpha value is -0.600. The van der Waals surface area contributed by atoms with E-state index in [1.807, 2.05) is 4.72 Å². The number of aromatic nitrogens is 1. The smallest absolute Gasteiger partial charge is 0.208 e. The second-order valence-electron chi connectivity index (χ2n) is 3.92. The third kappa shape index (κ3) is 2.96. The molecule has 0 fully saturated rings. The van der Waals surface area contributed by atoms with Crippen LogP contribution in [0.4, 0.5) is 8.78 Å². The Kier molecular flexibility index (Phi) is 3.65. The van der Waals surface area contributed by atoms with E-state index in [-0.39, 0.29) is 4.21 Å². The summed E-state index contributed by atoms with van der Waals surface area (Å²) in [4.78, 5) is 0. The maximum atomic E-state index is 12.5. The Morgan fingerprint density at radius 2 is 2.06 bits per heavy atom. The van der Waals surface area contributed by atoms with E-state index in [1.165, 1.54) is 6.07 Å². The molecule has 0 spiro atoms. The maximum absolute atomic E-state index is 12.5. The van der Waals surface area contributed by atoms with Crippen LogP contribution in [0.3, 0.4) is 0 Å². The lowest BCUT2D eigenvalue weighted by molar-refractivity contribution is 0.0644. The lowest BCUT2D eigenvalue weighted by Crippen LogP contribution is -2.48. The van der Waals surface area contributed by atoms with Crippen molar-refractivity contribution in [1.82, 2.24) is 9.10 Å². The summed E-state index contributed by atoms with van der Waals surface area (Å²) in [6.45, 7) is 3.89. The van der Waals surface area contributed by atoms with Gasteiger partial charge < -0.3 is 0 Å². The van der Waals surface area contributed by atoms with Gasteiger partial charge in [-0.1, -0.05) is 0 Å². The molecule has 0 amide bonds. The first kappa shape index (κ1) is 13.5. The maximum Gasteiger partial charge on any atom is 0.256 e. The highest BCUT2D eigenvalue weighted by Gasteiger charge is 2.35. The molecule has 0 saturated carbocycles. The number of hydrogen-bond donors (Lipinski definition) is 1. The minimum Gasteiger partial charge on any atom is -0.208 e. The second kappa shape index (κ2) is 4.34. The van der Waals surface area contributed by atoms with Crippen LogP contribution in [0.5, 0.6) is 0 Å². The minimum absolute atomic E-state index is 0.0567. The van der Waals surface area contributed by atoms with Gasteiger partial charge in [-0.15, -0.1) is 0 Å². The predicted octanol–water partition coefficient (Wildman–Crippen LogP) is 1.77. The number of alkyl halides is 2. The Morgan fingerprint density at radius 3 is 2.44 bits per heavy atom. The van der Waals surface area contributed by atoms with Gasteiger partial charge in [-0.3, -0.25) is 0 Å². The molecule has 1 N–H and O–H groups in total. The zero-order valence-corrected chi connectivity index (χ0v) is 10.6. The largest absolute Gasteiger partial charge is 0.256 e. The Morgan fingerprint density at radius 1 is 1.50 bits per heavy atom. The molecule has 0 unspecified atom stereocenters. The Balaban J connectivity index is 2.97. The van der Waals surface area contributed by atoms with Crippen molar-refractivity contribution in [3.8, 4) is 0 Å². The van der Waals surface area contributed by atoms with Crippen LogP contribution in [-0.2, 0) is 10.0 Å². The van der Waals surface area contributed by atoms with Crippen LogP contribution in [0, 0.1) is 6.92 Å². The molecule has 0 atom stereocenters. The molecule has 92 valence electrons. The van der Waals surface area contributed by atoms with E-state index in [0.29, 0.717) is 5.69 Å². The number of sulfonamides is 1. The van der Waals surface area contributed by atoms with Gasteiger partial charge in [-0.25, -0.2) is 17.2 Å². The van der Waals surface area contributed by atoms with E-state index in [0.717, 1.165) is 25.4 Å². The molecule has 1 aromatic rings. The second-order valence-corrected chi connectivity index (χ2v) is 6.63. The molecule has 16 heavy (non-hydrogen) atoms. The van der Waals surface area contributed by atoms with Crippen molar-refractivity contribution >= 4 is 21.6 Å². The highest BCUT2D eigenvalue weighted by Crippen LogP contribution is 2.21. The zero-order chi connectivity index (χ0) is 12.6. The van der Waals surface area contributed by atoms with Gasteiger partial charge in [0, 0.05) is 0 Å². The van der Waals surface area contributed by atoms with Crippen molar-refractivity contribution in [3.05, 3.63) is 11.8 Å². The molecule has 1 aromatic heterocycles. The monoisotopic (exact) mass is 270 g/mol. The normalized spacial score (nSPS) is 13.4. The summed E-state index contributed by atoms with van der Waals surface area (Å²) in [5.41, 5.74) is -1.25. The van der Waals surface area contributed by atoms with Gasteiger partial charge in [0.1, 0.15) is 0 Å². The van der Waals surface area contributed by atoms with E-state index >= 15 is 0 Å². The fourth-order valence-electron chi connectivity index (χ4n) is 0.908. The Bertz CT molecular complexity index is 468. The molecule has 1 heterocycles. The summed E-state index contributed by atoms with van der Waals surface area (Å²) >= 11 is 0.764. The SMILES string of the molecule is Cc1cc(S(=O)(=O)NC(C)(C)C(F)F)sn1. The van der Waals surface area contributed by atoms with Crippen molar-refractivity contribution in [1.29, 1.82) is 0 Å². The van der Waals surface area contributed by atoms with Gasteiger partial charge in [0.15, 0.2) is 4.21 Å². The van der Waals surface area contributed by atoms with Crippen LogP contribution in [0.1, 0.15) is 19.5 Å². The quantitative estimate of drug-likeness (QED) is 0.907. The number of hydrogen-bond acceptors (Lipinski definition) is 4. The van der Waals surface area contributed by atoms with Crippen molar-refractivity contribution in [2.45, 2.75) is 36.9 Å². The number of nitrogens with one attached hydrogen (secondary N) is 1. The van der Waals surface area contributed by atoms with Crippen molar-refractivity contribution in [2.75, 3.05) is 0 Å². The highest BCUT2D eigenvalue weighted by molar-refractivity contribution is 7.91. The van der Waals surface area contributed by atoms with Crippen LogP contribution >= 0.6 is 11.5 Å². The molecule has 0 aliphatic carbocycles. The summed E-state index contributed by atoms with van der Waals surface area (Å²) in [6.07, 6.45) is -2.78. The molecule has 0 aromatic carbocycles. The fourth-order valence-corrected chi connectivity index (χ4v) is 3.26. The van der Waals surface area contributed by atoms with Crippen LogP contribution in [0.15, 0.2) is 10.3 Å². The molecule has 0 bridgehead atoms. The van der Waals surface area contributed by atoms with Crippen LogP contribution in [0.2, 0.25) is 0 Å². The predicted molar refractivity (Wildman–Crippen MR) is 57.3 cm³/mol. The standard InChI is InChI=1S/C8H12F2N2O2S2/c1-5-4-6(15-11-5)16(13,14)12-8(2,3)7(9)10/h4,7,12H,1-3H3. The van der Waals surface area contributed by atoms with Crippen molar-refractivity contribution in [3.63, 3.8) is 0 Å². The zero-order valence-electron chi connectivity index (χ0n) is 8.99. The third-order valence-corrected chi connectivity index (χ3v) is 4.82. The van der Waals surface area contributed by atoms with Crippen molar-refractivity contribution in [2.24, 2.45) is 0 Å². The van der Waals surface area contributed by atoms with Gasteiger partial charge in [-0.2, -0.15) is 9.10 Å². The number of rotatable bonds is 4.